The fraction of sp³-hybridized carbons (Fsp3) is 0.500. The highest BCUT2D eigenvalue weighted by atomic mass is 16.7. The van der Waals surface area contributed by atoms with Gasteiger partial charge in [0.2, 0.25) is 12.5 Å². The zero-order chi connectivity index (χ0) is 14.0. The normalized spacial score (nSPS) is 12.4. The summed E-state index contributed by atoms with van der Waals surface area (Å²) >= 11 is 0. The number of fused-ring (bicyclic) bond motifs is 1. The Bertz CT molecular complexity index is 495. The first-order valence-electron chi connectivity index (χ1n) is 6.40. The quantitative estimate of drug-likeness (QED) is 0.837. The predicted octanol–water partition coefficient (Wildman–Crippen LogP) is 2.21. The van der Waals surface area contributed by atoms with Crippen LogP contribution in [0, 0.1) is 6.92 Å². The Labute approximate surface area is 113 Å². The summed E-state index contributed by atoms with van der Waals surface area (Å²) in [7, 11) is 1.54. The van der Waals surface area contributed by atoms with Crippen molar-refractivity contribution in [3.05, 3.63) is 17.2 Å². The number of hydrogen-bond acceptors (Lipinski definition) is 4. The number of amides is 1. The van der Waals surface area contributed by atoms with Crippen molar-refractivity contribution in [1.82, 2.24) is 4.90 Å². The smallest absolute Gasteiger partial charge is 0.258 e. The number of carbonyl (C=O) groups is 1. The van der Waals surface area contributed by atoms with Crippen molar-refractivity contribution in [2.45, 2.75) is 20.8 Å². The molecule has 0 atom stereocenters. The molecule has 19 heavy (non-hydrogen) atoms. The molecule has 1 aromatic carbocycles. The van der Waals surface area contributed by atoms with E-state index < -0.39 is 0 Å². The van der Waals surface area contributed by atoms with Gasteiger partial charge in [0.25, 0.3) is 5.91 Å². The minimum Gasteiger partial charge on any atom is -0.492 e. The van der Waals surface area contributed by atoms with Gasteiger partial charge in [-0.25, -0.2) is 0 Å². The number of nitrogens with zero attached hydrogens (tertiary/aromatic N) is 1. The molecular weight excluding hydrogens is 246 g/mol. The van der Waals surface area contributed by atoms with Crippen molar-refractivity contribution < 1.29 is 19.0 Å². The molecule has 2 rings (SSSR count). The monoisotopic (exact) mass is 265 g/mol. The van der Waals surface area contributed by atoms with Gasteiger partial charge in [-0.1, -0.05) is 0 Å². The molecule has 0 aromatic heterocycles. The average Bonchev–Trinajstić information content (AvgIpc) is 2.85. The molecule has 0 aliphatic carbocycles. The molecule has 1 aliphatic heterocycles. The van der Waals surface area contributed by atoms with Gasteiger partial charge in [0.1, 0.15) is 0 Å². The van der Waals surface area contributed by atoms with Gasteiger partial charge in [0.15, 0.2) is 11.5 Å². The summed E-state index contributed by atoms with van der Waals surface area (Å²) in [5, 5.41) is 0. The Morgan fingerprint density at radius 1 is 1.37 bits per heavy atom. The van der Waals surface area contributed by atoms with Gasteiger partial charge in [-0.3, -0.25) is 4.79 Å². The number of carbonyl (C=O) groups excluding carboxylic acids is 1. The van der Waals surface area contributed by atoms with Crippen LogP contribution in [-0.4, -0.2) is 37.8 Å². The maximum absolute atomic E-state index is 12.6. The maximum Gasteiger partial charge on any atom is 0.258 e. The molecule has 5 heteroatoms. The third-order valence-corrected chi connectivity index (χ3v) is 3.29. The molecule has 0 radical (unpaired) electrons. The Hall–Kier alpha value is -1.91. The first-order chi connectivity index (χ1) is 9.13. The van der Waals surface area contributed by atoms with E-state index in [9.17, 15) is 4.79 Å². The average molecular weight is 265 g/mol. The van der Waals surface area contributed by atoms with Crippen LogP contribution in [0.3, 0.4) is 0 Å². The molecule has 0 unspecified atom stereocenters. The molecule has 0 fully saturated rings. The van der Waals surface area contributed by atoms with Crippen LogP contribution in [0.25, 0.3) is 0 Å². The fourth-order valence-electron chi connectivity index (χ4n) is 2.26. The van der Waals surface area contributed by atoms with Gasteiger partial charge in [-0.2, -0.15) is 0 Å². The minimum absolute atomic E-state index is 0.0438. The lowest BCUT2D eigenvalue weighted by Crippen LogP contribution is -2.31. The number of rotatable bonds is 4. The summed E-state index contributed by atoms with van der Waals surface area (Å²) < 4.78 is 16.1. The molecule has 0 saturated carbocycles. The summed E-state index contributed by atoms with van der Waals surface area (Å²) in [4.78, 5) is 14.3. The van der Waals surface area contributed by atoms with E-state index in [1.165, 1.54) is 7.11 Å². The van der Waals surface area contributed by atoms with Gasteiger partial charge in [0, 0.05) is 13.1 Å². The third-order valence-electron chi connectivity index (χ3n) is 3.29. The summed E-state index contributed by atoms with van der Waals surface area (Å²) in [6.45, 7) is 7.26. The first-order valence-corrected chi connectivity index (χ1v) is 6.40. The Kier molecular flexibility index (Phi) is 3.83. The summed E-state index contributed by atoms with van der Waals surface area (Å²) in [5.74, 6) is 1.57. The second-order valence-electron chi connectivity index (χ2n) is 4.31. The van der Waals surface area contributed by atoms with Crippen molar-refractivity contribution in [1.29, 1.82) is 0 Å². The first kappa shape index (κ1) is 13.5. The molecule has 0 saturated heterocycles. The summed E-state index contributed by atoms with van der Waals surface area (Å²) in [5.41, 5.74) is 1.38. The van der Waals surface area contributed by atoms with Gasteiger partial charge in [-0.15, -0.1) is 0 Å². The maximum atomic E-state index is 12.6. The van der Waals surface area contributed by atoms with E-state index in [-0.39, 0.29) is 12.7 Å². The molecule has 1 aromatic rings. The van der Waals surface area contributed by atoms with Crippen molar-refractivity contribution in [2.75, 3.05) is 27.0 Å². The van der Waals surface area contributed by atoms with E-state index in [1.54, 1.807) is 4.90 Å². The highest BCUT2D eigenvalue weighted by Crippen LogP contribution is 2.45. The summed E-state index contributed by atoms with van der Waals surface area (Å²) in [6, 6.07) is 1.82. The van der Waals surface area contributed by atoms with E-state index in [0.717, 1.165) is 5.56 Å². The van der Waals surface area contributed by atoms with Crippen LogP contribution in [0.1, 0.15) is 29.8 Å². The lowest BCUT2D eigenvalue weighted by molar-refractivity contribution is 0.0768. The van der Waals surface area contributed by atoms with Crippen molar-refractivity contribution in [3.63, 3.8) is 0 Å². The lowest BCUT2D eigenvalue weighted by Gasteiger charge is -2.21. The van der Waals surface area contributed by atoms with Gasteiger partial charge < -0.3 is 19.1 Å². The Morgan fingerprint density at radius 2 is 2.05 bits per heavy atom. The molecule has 5 nitrogen and oxygen atoms in total. The summed E-state index contributed by atoms with van der Waals surface area (Å²) in [6.07, 6.45) is 0. The second kappa shape index (κ2) is 5.38. The largest absolute Gasteiger partial charge is 0.492 e. The molecule has 0 bridgehead atoms. The molecule has 104 valence electrons. The number of benzene rings is 1. The minimum atomic E-state index is -0.0438. The molecule has 0 spiro atoms. The van der Waals surface area contributed by atoms with Crippen LogP contribution in [0.4, 0.5) is 0 Å². The van der Waals surface area contributed by atoms with E-state index >= 15 is 0 Å². The zero-order valence-corrected chi connectivity index (χ0v) is 11.8. The number of methoxy groups -OCH3 is 1. The molecule has 1 heterocycles. The number of hydrogen-bond donors (Lipinski definition) is 0. The lowest BCUT2D eigenvalue weighted by atomic mass is 10.0. The van der Waals surface area contributed by atoms with E-state index in [2.05, 4.69) is 0 Å². The van der Waals surface area contributed by atoms with E-state index in [0.29, 0.717) is 35.9 Å². The second-order valence-corrected chi connectivity index (χ2v) is 4.31. The van der Waals surface area contributed by atoms with Gasteiger partial charge in [-0.05, 0) is 32.4 Å². The third kappa shape index (κ3) is 2.20. The van der Waals surface area contributed by atoms with Gasteiger partial charge >= 0.3 is 0 Å². The van der Waals surface area contributed by atoms with E-state index in [4.69, 9.17) is 14.2 Å². The predicted molar refractivity (Wildman–Crippen MR) is 71.1 cm³/mol. The Balaban J connectivity index is 2.53. The Morgan fingerprint density at radius 3 is 2.63 bits per heavy atom. The van der Waals surface area contributed by atoms with Crippen LogP contribution in [0.2, 0.25) is 0 Å². The highest BCUT2D eigenvalue weighted by Gasteiger charge is 2.28. The molecule has 0 N–H and O–H groups in total. The van der Waals surface area contributed by atoms with Crippen LogP contribution < -0.4 is 14.2 Å². The van der Waals surface area contributed by atoms with Crippen molar-refractivity contribution in [3.8, 4) is 17.2 Å². The van der Waals surface area contributed by atoms with E-state index in [1.807, 2.05) is 26.8 Å². The molecular formula is C14H19NO4. The molecule has 1 aliphatic rings. The zero-order valence-electron chi connectivity index (χ0n) is 11.8. The number of aryl methyl sites for hydroxylation is 1. The SMILES string of the molecule is CCN(CC)C(=O)c1c(C)cc2c(c1OC)OCO2. The van der Waals surface area contributed by atoms with Crippen molar-refractivity contribution >= 4 is 5.91 Å². The topological polar surface area (TPSA) is 48.0 Å². The molecule has 1 amide bonds. The van der Waals surface area contributed by atoms with Crippen LogP contribution in [0.5, 0.6) is 17.2 Å². The fourth-order valence-corrected chi connectivity index (χ4v) is 2.26. The van der Waals surface area contributed by atoms with Crippen LogP contribution in [0.15, 0.2) is 6.07 Å². The highest BCUT2D eigenvalue weighted by molar-refractivity contribution is 6.00. The van der Waals surface area contributed by atoms with Crippen LogP contribution in [-0.2, 0) is 0 Å². The van der Waals surface area contributed by atoms with Gasteiger partial charge in [0.05, 0.1) is 12.7 Å². The number of ether oxygens (including phenoxy) is 3. The van der Waals surface area contributed by atoms with Crippen LogP contribution >= 0.6 is 0 Å². The van der Waals surface area contributed by atoms with Crippen molar-refractivity contribution in [2.24, 2.45) is 0 Å². The standard InChI is InChI=1S/C14H19NO4/c1-5-15(6-2)14(16)11-9(3)7-10-12(13(11)17-4)19-8-18-10/h7H,5-6,8H2,1-4H3.